The van der Waals surface area contributed by atoms with Gasteiger partial charge in [0.1, 0.15) is 0 Å². The van der Waals surface area contributed by atoms with Gasteiger partial charge in [0.2, 0.25) is 0 Å². The monoisotopic (exact) mass is 221 g/mol. The predicted octanol–water partition coefficient (Wildman–Crippen LogP) is 1.44. The van der Waals surface area contributed by atoms with Gasteiger partial charge < -0.3 is 10.6 Å². The van der Waals surface area contributed by atoms with E-state index >= 15 is 0 Å². The summed E-state index contributed by atoms with van der Waals surface area (Å²) in [5, 5.41) is 10.8. The Hall–Kier alpha value is -1.62. The van der Waals surface area contributed by atoms with Gasteiger partial charge in [-0.25, -0.2) is 0 Å². The second kappa shape index (κ2) is 4.09. The van der Waals surface area contributed by atoms with Crippen LogP contribution in [0.25, 0.3) is 0 Å². The number of nitrogens with zero attached hydrogens (tertiary/aromatic N) is 2. The van der Waals surface area contributed by atoms with Crippen molar-refractivity contribution >= 4 is 11.4 Å². The van der Waals surface area contributed by atoms with Gasteiger partial charge in [-0.3, -0.25) is 10.1 Å². The molecule has 1 aromatic carbocycles. The van der Waals surface area contributed by atoms with Crippen LogP contribution in [0.4, 0.5) is 11.4 Å². The Morgan fingerprint density at radius 3 is 2.88 bits per heavy atom. The van der Waals surface area contributed by atoms with Crippen molar-refractivity contribution in [3.63, 3.8) is 0 Å². The molecule has 1 fully saturated rings. The van der Waals surface area contributed by atoms with Crippen LogP contribution in [-0.4, -0.2) is 24.1 Å². The molecule has 1 atom stereocenters. The molecule has 0 aliphatic carbocycles. The Kier molecular flexibility index (Phi) is 2.78. The van der Waals surface area contributed by atoms with E-state index in [4.69, 9.17) is 5.73 Å². The highest BCUT2D eigenvalue weighted by molar-refractivity contribution is 5.61. The maximum Gasteiger partial charge on any atom is 0.274 e. The molecule has 0 spiro atoms. The van der Waals surface area contributed by atoms with Crippen LogP contribution in [0, 0.1) is 17.0 Å². The Morgan fingerprint density at radius 1 is 1.56 bits per heavy atom. The molecule has 0 bridgehead atoms. The van der Waals surface area contributed by atoms with Crippen molar-refractivity contribution in [3.8, 4) is 0 Å². The van der Waals surface area contributed by atoms with Gasteiger partial charge >= 0.3 is 0 Å². The summed E-state index contributed by atoms with van der Waals surface area (Å²) < 4.78 is 0. The summed E-state index contributed by atoms with van der Waals surface area (Å²) in [5.41, 5.74) is 7.67. The molecule has 5 heteroatoms. The predicted molar refractivity (Wildman–Crippen MR) is 62.6 cm³/mol. The molecule has 86 valence electrons. The summed E-state index contributed by atoms with van der Waals surface area (Å²) in [4.78, 5) is 12.6. The quantitative estimate of drug-likeness (QED) is 0.606. The number of hydrogen-bond acceptors (Lipinski definition) is 4. The molecule has 2 N–H and O–H groups in total. The first-order valence-electron chi connectivity index (χ1n) is 5.34. The molecule has 1 aliphatic rings. The zero-order chi connectivity index (χ0) is 11.7. The fourth-order valence-corrected chi connectivity index (χ4v) is 2.16. The van der Waals surface area contributed by atoms with Gasteiger partial charge in [0.05, 0.1) is 10.5 Å². The van der Waals surface area contributed by atoms with E-state index in [2.05, 4.69) is 4.90 Å². The maximum atomic E-state index is 10.8. The molecule has 1 heterocycles. The summed E-state index contributed by atoms with van der Waals surface area (Å²) in [6.07, 6.45) is 0.947. The lowest BCUT2D eigenvalue weighted by molar-refractivity contribution is -0.385. The summed E-state index contributed by atoms with van der Waals surface area (Å²) in [6, 6.07) is 5.36. The summed E-state index contributed by atoms with van der Waals surface area (Å²) in [6.45, 7) is 3.45. The first-order valence-corrected chi connectivity index (χ1v) is 5.34. The van der Waals surface area contributed by atoms with Gasteiger partial charge in [-0.15, -0.1) is 0 Å². The Balaban J connectivity index is 2.34. The lowest BCUT2D eigenvalue weighted by Crippen LogP contribution is -2.26. The van der Waals surface area contributed by atoms with Crippen LogP contribution in [0.3, 0.4) is 0 Å². The third kappa shape index (κ3) is 1.86. The summed E-state index contributed by atoms with van der Waals surface area (Å²) >= 11 is 0. The van der Waals surface area contributed by atoms with E-state index in [1.807, 2.05) is 6.07 Å². The van der Waals surface area contributed by atoms with Crippen LogP contribution < -0.4 is 10.6 Å². The average molecular weight is 221 g/mol. The lowest BCUT2D eigenvalue weighted by atomic mass is 10.1. The van der Waals surface area contributed by atoms with E-state index in [1.165, 1.54) is 6.07 Å². The van der Waals surface area contributed by atoms with Crippen molar-refractivity contribution in [1.29, 1.82) is 0 Å². The van der Waals surface area contributed by atoms with E-state index in [9.17, 15) is 10.1 Å². The van der Waals surface area contributed by atoms with Gasteiger partial charge in [-0.05, 0) is 19.4 Å². The zero-order valence-corrected chi connectivity index (χ0v) is 9.22. The molecular weight excluding hydrogens is 206 g/mol. The standard InChI is InChI=1S/C11H15N3O2/c1-8-10(13-6-5-9(12)7-13)3-2-4-11(8)14(15)16/h2-4,9H,5-7,12H2,1H3. The topological polar surface area (TPSA) is 72.4 Å². The first kappa shape index (κ1) is 10.9. The Labute approximate surface area is 94.0 Å². The van der Waals surface area contributed by atoms with E-state index in [-0.39, 0.29) is 16.7 Å². The minimum absolute atomic E-state index is 0.179. The molecule has 2 rings (SSSR count). The third-order valence-electron chi connectivity index (χ3n) is 3.04. The molecule has 0 saturated carbocycles. The Morgan fingerprint density at radius 2 is 2.31 bits per heavy atom. The fourth-order valence-electron chi connectivity index (χ4n) is 2.16. The molecule has 1 unspecified atom stereocenters. The Bertz CT molecular complexity index is 420. The van der Waals surface area contributed by atoms with Crippen LogP contribution in [0.15, 0.2) is 18.2 Å². The minimum Gasteiger partial charge on any atom is -0.370 e. The number of benzene rings is 1. The summed E-state index contributed by atoms with van der Waals surface area (Å²) in [7, 11) is 0. The molecule has 16 heavy (non-hydrogen) atoms. The molecule has 0 amide bonds. The number of anilines is 1. The van der Waals surface area contributed by atoms with Crippen LogP contribution >= 0.6 is 0 Å². The van der Waals surface area contributed by atoms with Crippen molar-refractivity contribution in [2.24, 2.45) is 5.73 Å². The number of hydrogen-bond donors (Lipinski definition) is 1. The average Bonchev–Trinajstić information content (AvgIpc) is 2.64. The van der Waals surface area contributed by atoms with Crippen molar-refractivity contribution in [1.82, 2.24) is 0 Å². The largest absolute Gasteiger partial charge is 0.370 e. The van der Waals surface area contributed by atoms with Gasteiger partial charge in [-0.2, -0.15) is 0 Å². The summed E-state index contributed by atoms with van der Waals surface area (Å²) in [5.74, 6) is 0. The highest BCUT2D eigenvalue weighted by atomic mass is 16.6. The molecule has 1 aliphatic heterocycles. The number of nitro benzene ring substituents is 1. The van der Waals surface area contributed by atoms with Crippen LogP contribution in [-0.2, 0) is 0 Å². The molecule has 5 nitrogen and oxygen atoms in total. The van der Waals surface area contributed by atoms with Gasteiger partial charge in [0.15, 0.2) is 0 Å². The van der Waals surface area contributed by atoms with Crippen LogP contribution in [0.1, 0.15) is 12.0 Å². The minimum atomic E-state index is -0.338. The van der Waals surface area contributed by atoms with Crippen molar-refractivity contribution in [2.45, 2.75) is 19.4 Å². The normalized spacial score (nSPS) is 20.1. The molecule has 1 aromatic rings. The van der Waals surface area contributed by atoms with Gasteiger partial charge in [0, 0.05) is 30.9 Å². The van der Waals surface area contributed by atoms with E-state index in [0.29, 0.717) is 0 Å². The number of rotatable bonds is 2. The fraction of sp³-hybridized carbons (Fsp3) is 0.455. The smallest absolute Gasteiger partial charge is 0.274 e. The highest BCUT2D eigenvalue weighted by Crippen LogP contribution is 2.30. The van der Waals surface area contributed by atoms with Crippen molar-refractivity contribution in [3.05, 3.63) is 33.9 Å². The zero-order valence-electron chi connectivity index (χ0n) is 9.22. The maximum absolute atomic E-state index is 10.8. The van der Waals surface area contributed by atoms with E-state index < -0.39 is 0 Å². The van der Waals surface area contributed by atoms with Crippen LogP contribution in [0.2, 0.25) is 0 Å². The SMILES string of the molecule is Cc1c(N2CCC(N)C2)cccc1[N+](=O)[O-]. The van der Waals surface area contributed by atoms with Gasteiger partial charge in [-0.1, -0.05) is 6.07 Å². The molecule has 0 aromatic heterocycles. The third-order valence-corrected chi connectivity index (χ3v) is 3.04. The number of nitrogens with two attached hydrogens (primary N) is 1. The van der Waals surface area contributed by atoms with Gasteiger partial charge in [0.25, 0.3) is 5.69 Å². The van der Waals surface area contributed by atoms with E-state index in [0.717, 1.165) is 30.8 Å². The van der Waals surface area contributed by atoms with Crippen molar-refractivity contribution in [2.75, 3.05) is 18.0 Å². The highest BCUT2D eigenvalue weighted by Gasteiger charge is 2.23. The lowest BCUT2D eigenvalue weighted by Gasteiger charge is -2.20. The van der Waals surface area contributed by atoms with E-state index in [1.54, 1.807) is 13.0 Å². The van der Waals surface area contributed by atoms with Crippen LogP contribution in [0.5, 0.6) is 0 Å². The molecule has 0 radical (unpaired) electrons. The second-order valence-electron chi connectivity index (χ2n) is 4.17. The first-order chi connectivity index (χ1) is 7.59. The van der Waals surface area contributed by atoms with Crippen molar-refractivity contribution < 1.29 is 4.92 Å². The number of nitro groups is 1. The second-order valence-corrected chi connectivity index (χ2v) is 4.17. The molecule has 1 saturated heterocycles. The molecular formula is C11H15N3O2.